The van der Waals surface area contributed by atoms with Crippen molar-refractivity contribution in [1.29, 1.82) is 0 Å². The normalized spacial score (nSPS) is 34.9. The van der Waals surface area contributed by atoms with Crippen LogP contribution in [0.25, 0.3) is 0 Å². The van der Waals surface area contributed by atoms with Gasteiger partial charge in [0.15, 0.2) is 0 Å². The summed E-state index contributed by atoms with van der Waals surface area (Å²) in [5, 5.41) is 5.44. The summed E-state index contributed by atoms with van der Waals surface area (Å²) in [6, 6.07) is 0. The van der Waals surface area contributed by atoms with Crippen molar-refractivity contribution in [3.05, 3.63) is 0 Å². The average Bonchev–Trinajstić information content (AvgIpc) is 2.43. The summed E-state index contributed by atoms with van der Waals surface area (Å²) in [5.74, 6) is 2.47. The monoisotopic (exact) mass is 329 g/mol. The average molecular weight is 330 g/mol. The number of hydrogen-bond donors (Lipinski definition) is 3. The lowest BCUT2D eigenvalue weighted by Crippen LogP contribution is -2.47. The van der Waals surface area contributed by atoms with Gasteiger partial charge >= 0.3 is 0 Å². The summed E-state index contributed by atoms with van der Waals surface area (Å²) in [6.45, 7) is 0.709. The molecule has 0 heterocycles. The molecule has 4 saturated carbocycles. The first-order chi connectivity index (χ1) is 10.1. The molecule has 0 spiro atoms. The number of amides is 2. The van der Waals surface area contributed by atoms with E-state index in [0.29, 0.717) is 5.41 Å². The third-order valence-corrected chi connectivity index (χ3v) is 5.77. The van der Waals surface area contributed by atoms with Gasteiger partial charge in [-0.1, -0.05) is 0 Å². The molecule has 0 aromatic carbocycles. The highest BCUT2D eigenvalue weighted by Crippen LogP contribution is 2.61. The SMILES string of the molecule is Cl.NCC(=O)NCC(=O)NCCC12CC3CC(CC(C3)C1)C2. The van der Waals surface area contributed by atoms with Gasteiger partial charge in [-0.3, -0.25) is 9.59 Å². The first-order valence-corrected chi connectivity index (χ1v) is 8.32. The van der Waals surface area contributed by atoms with Crippen LogP contribution in [-0.2, 0) is 9.59 Å². The zero-order valence-corrected chi connectivity index (χ0v) is 13.9. The van der Waals surface area contributed by atoms with Gasteiger partial charge in [-0.05, 0) is 68.1 Å². The van der Waals surface area contributed by atoms with Crippen LogP contribution < -0.4 is 16.4 Å². The van der Waals surface area contributed by atoms with E-state index in [0.717, 1.165) is 30.7 Å². The summed E-state index contributed by atoms with van der Waals surface area (Å²) in [7, 11) is 0. The van der Waals surface area contributed by atoms with E-state index in [-0.39, 0.29) is 37.3 Å². The number of rotatable bonds is 6. The molecule has 4 aliphatic carbocycles. The van der Waals surface area contributed by atoms with Gasteiger partial charge in [-0.25, -0.2) is 0 Å². The summed E-state index contributed by atoms with van der Waals surface area (Å²) < 4.78 is 0. The van der Waals surface area contributed by atoms with Crippen molar-refractivity contribution in [2.45, 2.75) is 44.9 Å². The maximum absolute atomic E-state index is 11.7. The van der Waals surface area contributed by atoms with Crippen molar-refractivity contribution < 1.29 is 9.59 Å². The third kappa shape index (κ3) is 3.93. The Hall–Kier alpha value is -0.810. The summed E-state index contributed by atoms with van der Waals surface area (Å²) in [4.78, 5) is 22.7. The minimum absolute atomic E-state index is 0. The number of nitrogens with one attached hydrogen (secondary N) is 2. The lowest BCUT2D eigenvalue weighted by Gasteiger charge is -2.57. The molecular weight excluding hydrogens is 302 g/mol. The Balaban J connectivity index is 0.00000176. The van der Waals surface area contributed by atoms with Crippen LogP contribution in [0.4, 0.5) is 0 Å². The van der Waals surface area contributed by atoms with Crippen LogP contribution in [-0.4, -0.2) is 31.4 Å². The molecule has 4 fully saturated rings. The van der Waals surface area contributed by atoms with Crippen LogP contribution in [0, 0.1) is 23.2 Å². The van der Waals surface area contributed by atoms with E-state index in [9.17, 15) is 9.59 Å². The Morgan fingerprint density at radius 1 is 0.955 bits per heavy atom. The molecule has 22 heavy (non-hydrogen) atoms. The summed E-state index contributed by atoms with van der Waals surface area (Å²) in [6.07, 6.45) is 9.59. The molecule has 0 unspecified atom stereocenters. The van der Waals surface area contributed by atoms with Crippen LogP contribution in [0.5, 0.6) is 0 Å². The van der Waals surface area contributed by atoms with E-state index < -0.39 is 0 Å². The lowest BCUT2D eigenvalue weighted by atomic mass is 9.49. The standard InChI is InChI=1S/C16H27N3O2.ClH/c17-9-14(20)19-10-15(21)18-2-1-16-6-11-3-12(7-16)5-13(4-11)8-16;/h11-13H,1-10,17H2,(H,18,21)(H,19,20);1H. The number of hydrogen-bond acceptors (Lipinski definition) is 3. The van der Waals surface area contributed by atoms with Crippen molar-refractivity contribution in [2.24, 2.45) is 28.9 Å². The van der Waals surface area contributed by atoms with Crippen molar-refractivity contribution in [1.82, 2.24) is 10.6 Å². The number of halogens is 1. The van der Waals surface area contributed by atoms with Crippen molar-refractivity contribution in [3.8, 4) is 0 Å². The molecule has 6 heteroatoms. The molecule has 5 nitrogen and oxygen atoms in total. The molecule has 126 valence electrons. The topological polar surface area (TPSA) is 84.2 Å². The molecular formula is C16H28ClN3O2. The molecule has 4 bridgehead atoms. The van der Waals surface area contributed by atoms with Gasteiger partial charge in [-0.2, -0.15) is 0 Å². The molecule has 0 aromatic rings. The zero-order valence-electron chi connectivity index (χ0n) is 13.1. The van der Waals surface area contributed by atoms with Crippen LogP contribution in [0.15, 0.2) is 0 Å². The highest BCUT2D eigenvalue weighted by atomic mass is 35.5. The Morgan fingerprint density at radius 3 is 2.00 bits per heavy atom. The largest absolute Gasteiger partial charge is 0.355 e. The van der Waals surface area contributed by atoms with E-state index in [1.165, 1.54) is 38.5 Å². The number of nitrogens with two attached hydrogens (primary N) is 1. The molecule has 4 aliphatic rings. The van der Waals surface area contributed by atoms with Gasteiger partial charge in [0, 0.05) is 6.54 Å². The van der Waals surface area contributed by atoms with Gasteiger partial charge in [0.2, 0.25) is 11.8 Å². The predicted molar refractivity (Wildman–Crippen MR) is 87.5 cm³/mol. The van der Waals surface area contributed by atoms with Crippen LogP contribution >= 0.6 is 12.4 Å². The smallest absolute Gasteiger partial charge is 0.239 e. The van der Waals surface area contributed by atoms with Gasteiger partial charge in [-0.15, -0.1) is 12.4 Å². The Kier molecular flexibility index (Phi) is 5.72. The minimum Gasteiger partial charge on any atom is -0.355 e. The molecule has 4 rings (SSSR count). The lowest BCUT2D eigenvalue weighted by molar-refractivity contribution is -0.125. The van der Waals surface area contributed by atoms with Crippen LogP contribution in [0.1, 0.15) is 44.9 Å². The van der Waals surface area contributed by atoms with Crippen LogP contribution in [0.3, 0.4) is 0 Å². The van der Waals surface area contributed by atoms with Gasteiger partial charge in [0.05, 0.1) is 13.1 Å². The summed E-state index contributed by atoms with van der Waals surface area (Å²) >= 11 is 0. The minimum atomic E-state index is -0.286. The van der Waals surface area contributed by atoms with E-state index in [2.05, 4.69) is 10.6 Å². The van der Waals surface area contributed by atoms with Crippen LogP contribution in [0.2, 0.25) is 0 Å². The zero-order chi connectivity index (χ0) is 14.9. The maximum Gasteiger partial charge on any atom is 0.239 e. The van der Waals surface area contributed by atoms with E-state index >= 15 is 0 Å². The summed E-state index contributed by atoms with van der Waals surface area (Å²) in [5.41, 5.74) is 5.69. The van der Waals surface area contributed by atoms with E-state index in [1.54, 1.807) is 0 Å². The molecule has 0 aromatic heterocycles. The van der Waals surface area contributed by atoms with Crippen molar-refractivity contribution in [2.75, 3.05) is 19.6 Å². The first kappa shape index (κ1) is 17.5. The van der Waals surface area contributed by atoms with E-state index in [1.807, 2.05) is 0 Å². The highest BCUT2D eigenvalue weighted by molar-refractivity contribution is 5.85. The molecule has 4 N–H and O–H groups in total. The van der Waals surface area contributed by atoms with Gasteiger partial charge in [0.25, 0.3) is 0 Å². The van der Waals surface area contributed by atoms with Crippen molar-refractivity contribution in [3.63, 3.8) is 0 Å². The Labute approximate surface area is 138 Å². The highest BCUT2D eigenvalue weighted by Gasteiger charge is 2.50. The Bertz CT molecular complexity index is 392. The second kappa shape index (κ2) is 7.18. The van der Waals surface area contributed by atoms with Gasteiger partial charge < -0.3 is 16.4 Å². The maximum atomic E-state index is 11.7. The second-order valence-electron chi connectivity index (χ2n) is 7.50. The fraction of sp³-hybridized carbons (Fsp3) is 0.875. The van der Waals surface area contributed by atoms with Crippen molar-refractivity contribution >= 4 is 24.2 Å². The van der Waals surface area contributed by atoms with E-state index in [4.69, 9.17) is 5.73 Å². The quantitative estimate of drug-likeness (QED) is 0.684. The molecule has 0 atom stereocenters. The number of carbonyl (C=O) groups excluding carboxylic acids is 2. The molecule has 2 amide bonds. The molecule has 0 radical (unpaired) electrons. The second-order valence-corrected chi connectivity index (χ2v) is 7.50. The fourth-order valence-electron chi connectivity index (χ4n) is 5.38. The number of carbonyl (C=O) groups is 2. The third-order valence-electron chi connectivity index (χ3n) is 5.77. The Morgan fingerprint density at radius 2 is 1.50 bits per heavy atom. The first-order valence-electron chi connectivity index (χ1n) is 8.32. The molecule has 0 aliphatic heterocycles. The fourth-order valence-corrected chi connectivity index (χ4v) is 5.38. The predicted octanol–water partition coefficient (Wildman–Crippen LogP) is 1.21. The van der Waals surface area contributed by atoms with Gasteiger partial charge in [0.1, 0.15) is 0 Å². The molecule has 0 saturated heterocycles.